The fourth-order valence-corrected chi connectivity index (χ4v) is 2.63. The van der Waals surface area contributed by atoms with E-state index >= 15 is 0 Å². The predicted octanol–water partition coefficient (Wildman–Crippen LogP) is 2.82. The lowest BCUT2D eigenvalue weighted by Gasteiger charge is -2.29. The van der Waals surface area contributed by atoms with E-state index in [2.05, 4.69) is 31.3 Å². The molecule has 1 saturated carbocycles. The van der Waals surface area contributed by atoms with E-state index < -0.39 is 0 Å². The maximum atomic E-state index is 12.0. The second-order valence-electron chi connectivity index (χ2n) is 6.77. The Hall–Kier alpha value is -1.55. The van der Waals surface area contributed by atoms with Crippen molar-refractivity contribution >= 4 is 5.91 Å². The van der Waals surface area contributed by atoms with Gasteiger partial charge in [0.25, 0.3) is 0 Å². The summed E-state index contributed by atoms with van der Waals surface area (Å²) in [4.78, 5) is 12.0. The lowest BCUT2D eigenvalue weighted by molar-refractivity contribution is -0.123. The SMILES string of the molecule is CC(C)c1ccc(OCCC(=O)NC(C)(CN)C2CC2)cc1. The topological polar surface area (TPSA) is 64.3 Å². The van der Waals surface area contributed by atoms with E-state index in [0.717, 1.165) is 18.6 Å². The molecule has 1 aromatic carbocycles. The van der Waals surface area contributed by atoms with Gasteiger partial charge in [0.15, 0.2) is 0 Å². The molecule has 1 aliphatic carbocycles. The van der Waals surface area contributed by atoms with Crippen molar-refractivity contribution in [3.05, 3.63) is 29.8 Å². The number of carbonyl (C=O) groups is 1. The molecule has 3 N–H and O–H groups in total. The van der Waals surface area contributed by atoms with Gasteiger partial charge in [0.05, 0.1) is 18.6 Å². The van der Waals surface area contributed by atoms with Crippen LogP contribution in [0.1, 0.15) is 51.5 Å². The Labute approximate surface area is 133 Å². The van der Waals surface area contributed by atoms with E-state index in [0.29, 0.717) is 31.4 Å². The molecule has 1 aromatic rings. The molecular formula is C18H28N2O2. The number of hydrogen-bond donors (Lipinski definition) is 2. The largest absolute Gasteiger partial charge is 0.493 e. The highest BCUT2D eigenvalue weighted by Gasteiger charge is 2.41. The third-order valence-electron chi connectivity index (χ3n) is 4.47. The standard InChI is InChI=1S/C18H28N2O2/c1-13(2)14-4-8-16(9-5-14)22-11-10-17(21)20-18(3,12-19)15-6-7-15/h4-5,8-9,13,15H,6-7,10-12,19H2,1-3H3,(H,20,21). The molecule has 1 aliphatic rings. The summed E-state index contributed by atoms with van der Waals surface area (Å²) in [7, 11) is 0. The van der Waals surface area contributed by atoms with Crippen molar-refractivity contribution in [2.75, 3.05) is 13.2 Å². The van der Waals surface area contributed by atoms with Gasteiger partial charge in [-0.1, -0.05) is 26.0 Å². The van der Waals surface area contributed by atoms with E-state index in [1.54, 1.807) is 0 Å². The van der Waals surface area contributed by atoms with Gasteiger partial charge < -0.3 is 15.8 Å². The van der Waals surface area contributed by atoms with Crippen molar-refractivity contribution in [1.29, 1.82) is 0 Å². The number of ether oxygens (including phenoxy) is 1. The average Bonchev–Trinajstić information content (AvgIpc) is 3.32. The molecule has 2 rings (SSSR count). The van der Waals surface area contributed by atoms with Crippen molar-refractivity contribution < 1.29 is 9.53 Å². The number of hydrogen-bond acceptors (Lipinski definition) is 3. The van der Waals surface area contributed by atoms with Gasteiger partial charge >= 0.3 is 0 Å². The first-order chi connectivity index (χ1) is 10.4. The van der Waals surface area contributed by atoms with E-state index in [9.17, 15) is 4.79 Å². The Morgan fingerprint density at radius 1 is 1.36 bits per heavy atom. The molecule has 1 unspecified atom stereocenters. The van der Waals surface area contributed by atoms with Crippen LogP contribution >= 0.6 is 0 Å². The van der Waals surface area contributed by atoms with Gasteiger partial charge in [0.1, 0.15) is 5.75 Å². The smallest absolute Gasteiger partial charge is 0.223 e. The van der Waals surface area contributed by atoms with E-state index in [1.807, 2.05) is 19.1 Å². The van der Waals surface area contributed by atoms with E-state index in [4.69, 9.17) is 10.5 Å². The van der Waals surface area contributed by atoms with Crippen LogP contribution in [0.15, 0.2) is 24.3 Å². The normalized spacial score (nSPS) is 17.1. The van der Waals surface area contributed by atoms with Crippen LogP contribution in [0.2, 0.25) is 0 Å². The number of nitrogens with one attached hydrogen (secondary N) is 1. The van der Waals surface area contributed by atoms with Crippen molar-refractivity contribution in [2.24, 2.45) is 11.7 Å². The van der Waals surface area contributed by atoms with E-state index in [1.165, 1.54) is 5.56 Å². The average molecular weight is 304 g/mol. The minimum absolute atomic E-state index is 0.0126. The molecule has 0 saturated heterocycles. The lowest BCUT2D eigenvalue weighted by atomic mass is 9.96. The highest BCUT2D eigenvalue weighted by atomic mass is 16.5. The van der Waals surface area contributed by atoms with Crippen LogP contribution in [0.5, 0.6) is 5.75 Å². The lowest BCUT2D eigenvalue weighted by Crippen LogP contribution is -2.53. The van der Waals surface area contributed by atoms with Gasteiger partial charge in [-0.3, -0.25) is 4.79 Å². The molecular weight excluding hydrogens is 276 g/mol. The third-order valence-corrected chi connectivity index (χ3v) is 4.47. The zero-order chi connectivity index (χ0) is 16.2. The maximum absolute atomic E-state index is 12.0. The summed E-state index contributed by atoms with van der Waals surface area (Å²) in [5, 5.41) is 3.07. The number of nitrogens with two attached hydrogens (primary N) is 1. The van der Waals surface area contributed by atoms with Gasteiger partial charge in [-0.2, -0.15) is 0 Å². The molecule has 0 bridgehead atoms. The van der Waals surface area contributed by atoms with E-state index in [-0.39, 0.29) is 11.4 Å². The van der Waals surface area contributed by atoms with Crippen molar-refractivity contribution in [3.63, 3.8) is 0 Å². The first kappa shape index (κ1) is 16.8. The highest BCUT2D eigenvalue weighted by molar-refractivity contribution is 5.77. The Bertz CT molecular complexity index is 494. The monoisotopic (exact) mass is 304 g/mol. The minimum atomic E-state index is -0.254. The van der Waals surface area contributed by atoms with Crippen molar-refractivity contribution in [3.8, 4) is 5.75 Å². The summed E-state index contributed by atoms with van der Waals surface area (Å²) in [5.41, 5.74) is 6.84. The van der Waals surface area contributed by atoms with Crippen LogP contribution < -0.4 is 15.8 Å². The second-order valence-corrected chi connectivity index (χ2v) is 6.77. The molecule has 4 nitrogen and oxygen atoms in total. The van der Waals surface area contributed by atoms with Crippen LogP contribution in [-0.2, 0) is 4.79 Å². The zero-order valence-corrected chi connectivity index (χ0v) is 13.9. The molecule has 0 aliphatic heterocycles. The van der Waals surface area contributed by atoms with Crippen LogP contribution in [0.25, 0.3) is 0 Å². The summed E-state index contributed by atoms with van der Waals surface area (Å²) >= 11 is 0. The molecule has 0 spiro atoms. The van der Waals surface area contributed by atoms with Gasteiger partial charge in [-0.05, 0) is 49.3 Å². The van der Waals surface area contributed by atoms with Crippen molar-refractivity contribution in [2.45, 2.75) is 51.5 Å². The first-order valence-corrected chi connectivity index (χ1v) is 8.18. The number of rotatable bonds is 8. The Kier molecular flexibility index (Phi) is 5.46. The van der Waals surface area contributed by atoms with Crippen LogP contribution in [0.3, 0.4) is 0 Å². The summed E-state index contributed by atoms with van der Waals surface area (Å²) in [6.45, 7) is 7.23. The van der Waals surface area contributed by atoms with Gasteiger partial charge in [-0.25, -0.2) is 0 Å². The Morgan fingerprint density at radius 3 is 2.50 bits per heavy atom. The fourth-order valence-electron chi connectivity index (χ4n) is 2.63. The maximum Gasteiger partial charge on any atom is 0.223 e. The number of amides is 1. The summed E-state index contributed by atoms with van der Waals surface area (Å²) in [6.07, 6.45) is 2.67. The molecule has 1 amide bonds. The summed E-state index contributed by atoms with van der Waals surface area (Å²) < 4.78 is 5.64. The van der Waals surface area contributed by atoms with Crippen molar-refractivity contribution in [1.82, 2.24) is 5.32 Å². The first-order valence-electron chi connectivity index (χ1n) is 8.18. The molecule has 122 valence electrons. The Balaban J connectivity index is 1.74. The predicted molar refractivity (Wildman–Crippen MR) is 89.0 cm³/mol. The molecule has 0 aromatic heterocycles. The van der Waals surface area contributed by atoms with Gasteiger partial charge in [0.2, 0.25) is 5.91 Å². The van der Waals surface area contributed by atoms with Crippen LogP contribution in [-0.4, -0.2) is 24.6 Å². The molecule has 1 fully saturated rings. The molecule has 0 heterocycles. The van der Waals surface area contributed by atoms with Crippen LogP contribution in [0, 0.1) is 5.92 Å². The third kappa shape index (κ3) is 4.47. The molecule has 0 radical (unpaired) electrons. The highest BCUT2D eigenvalue weighted by Crippen LogP contribution is 2.38. The molecule has 1 atom stereocenters. The minimum Gasteiger partial charge on any atom is -0.493 e. The van der Waals surface area contributed by atoms with Gasteiger partial charge in [0, 0.05) is 6.54 Å². The number of carbonyl (C=O) groups excluding carboxylic acids is 1. The summed E-state index contributed by atoms with van der Waals surface area (Å²) in [6, 6.07) is 8.06. The van der Waals surface area contributed by atoms with Crippen LogP contribution in [0.4, 0.5) is 0 Å². The number of benzene rings is 1. The van der Waals surface area contributed by atoms with Gasteiger partial charge in [-0.15, -0.1) is 0 Å². The summed E-state index contributed by atoms with van der Waals surface area (Å²) in [5.74, 6) is 1.86. The fraction of sp³-hybridized carbons (Fsp3) is 0.611. The molecule has 4 heteroatoms. The second kappa shape index (κ2) is 7.14. The Morgan fingerprint density at radius 2 is 2.00 bits per heavy atom. The quantitative estimate of drug-likeness (QED) is 0.776. The molecule has 22 heavy (non-hydrogen) atoms. The zero-order valence-electron chi connectivity index (χ0n) is 13.9.